The minimum absolute atomic E-state index is 0. The Morgan fingerprint density at radius 2 is 1.94 bits per heavy atom. The maximum Gasteiger partial charge on any atom is 0.341 e. The summed E-state index contributed by atoms with van der Waals surface area (Å²) in [4.78, 5) is 15.3. The summed E-state index contributed by atoms with van der Waals surface area (Å²) in [5.41, 5.74) is 1.76. The van der Waals surface area contributed by atoms with Crippen LogP contribution in [-0.4, -0.2) is 62.1 Å². The largest absolute Gasteiger partial charge is 0.490 e. The molecule has 1 aromatic carbocycles. The predicted molar refractivity (Wildman–Crippen MR) is 135 cm³/mol. The van der Waals surface area contributed by atoms with Crippen molar-refractivity contribution in [1.82, 2.24) is 19.9 Å². The van der Waals surface area contributed by atoms with E-state index in [0.29, 0.717) is 35.7 Å². The van der Waals surface area contributed by atoms with Gasteiger partial charge in [-0.2, -0.15) is 0 Å². The van der Waals surface area contributed by atoms with E-state index in [1.165, 1.54) is 6.26 Å². The van der Waals surface area contributed by atoms with Gasteiger partial charge in [0.15, 0.2) is 6.61 Å². The fourth-order valence-corrected chi connectivity index (χ4v) is 3.69. The third kappa shape index (κ3) is 6.75. The molecule has 4 aromatic rings. The zero-order valence-corrected chi connectivity index (χ0v) is 20.8. The quantitative estimate of drug-likeness (QED) is 0.259. The number of benzene rings is 1. The SMILES string of the molecule is CC(C)(Cc1ncc2c(OCC(=O)O)cccn12)NC[C@H](O)COc1ccccc1-c1ccon1.Cl. The molecule has 11 heteroatoms. The smallest absolute Gasteiger partial charge is 0.341 e. The van der Waals surface area contributed by atoms with Crippen molar-refractivity contribution in [2.24, 2.45) is 0 Å². The second kappa shape index (κ2) is 11.9. The number of hydrogen-bond donors (Lipinski definition) is 3. The van der Waals surface area contributed by atoms with Gasteiger partial charge in [0.2, 0.25) is 0 Å². The Balaban J connectivity index is 0.00000361. The van der Waals surface area contributed by atoms with Gasteiger partial charge in [-0.05, 0) is 38.1 Å². The zero-order chi connectivity index (χ0) is 24.8. The van der Waals surface area contributed by atoms with Crippen LogP contribution in [0.3, 0.4) is 0 Å². The van der Waals surface area contributed by atoms with E-state index in [4.69, 9.17) is 19.1 Å². The number of fused-ring (bicyclic) bond motifs is 1. The van der Waals surface area contributed by atoms with E-state index in [9.17, 15) is 9.90 Å². The van der Waals surface area contributed by atoms with E-state index in [1.807, 2.05) is 48.7 Å². The van der Waals surface area contributed by atoms with Crippen molar-refractivity contribution in [3.05, 3.63) is 66.9 Å². The molecule has 0 spiro atoms. The van der Waals surface area contributed by atoms with E-state index < -0.39 is 24.2 Å². The molecular weight excluding hydrogens is 488 g/mol. The van der Waals surface area contributed by atoms with E-state index in [2.05, 4.69) is 15.5 Å². The fraction of sp³-hybridized carbons (Fsp3) is 0.320. The molecule has 0 bridgehead atoms. The van der Waals surface area contributed by atoms with Crippen LogP contribution in [0.1, 0.15) is 19.7 Å². The van der Waals surface area contributed by atoms with Gasteiger partial charge in [0.05, 0.1) is 6.20 Å². The summed E-state index contributed by atoms with van der Waals surface area (Å²) < 4.78 is 18.0. The molecule has 3 heterocycles. The van der Waals surface area contributed by atoms with Crippen LogP contribution in [0.15, 0.2) is 65.6 Å². The van der Waals surface area contributed by atoms with E-state index in [1.54, 1.807) is 24.4 Å². The minimum atomic E-state index is -1.04. The Morgan fingerprint density at radius 1 is 1.17 bits per heavy atom. The lowest BCUT2D eigenvalue weighted by Crippen LogP contribution is -2.46. The van der Waals surface area contributed by atoms with Gasteiger partial charge in [-0.15, -0.1) is 12.4 Å². The van der Waals surface area contributed by atoms with Crippen LogP contribution in [0.2, 0.25) is 0 Å². The van der Waals surface area contributed by atoms with Gasteiger partial charge >= 0.3 is 5.97 Å². The van der Waals surface area contributed by atoms with Crippen LogP contribution in [0.5, 0.6) is 11.5 Å². The first-order chi connectivity index (χ1) is 16.8. The molecule has 192 valence electrons. The molecule has 0 aliphatic heterocycles. The first-order valence-electron chi connectivity index (χ1n) is 11.2. The molecular formula is C25H29ClN4O6. The maximum absolute atomic E-state index is 10.8. The molecule has 0 radical (unpaired) electrons. The number of aliphatic hydroxyl groups excluding tert-OH is 1. The minimum Gasteiger partial charge on any atom is -0.490 e. The molecule has 10 nitrogen and oxygen atoms in total. The monoisotopic (exact) mass is 516 g/mol. The number of aliphatic hydroxyl groups is 1. The molecule has 3 N–H and O–H groups in total. The lowest BCUT2D eigenvalue weighted by atomic mass is 10.00. The average molecular weight is 517 g/mol. The first kappa shape index (κ1) is 27.0. The first-order valence-corrected chi connectivity index (χ1v) is 11.2. The van der Waals surface area contributed by atoms with Crippen LogP contribution in [0.25, 0.3) is 16.8 Å². The number of para-hydroxylation sites is 1. The maximum atomic E-state index is 10.8. The van der Waals surface area contributed by atoms with E-state index in [-0.39, 0.29) is 19.0 Å². The van der Waals surface area contributed by atoms with E-state index >= 15 is 0 Å². The third-order valence-electron chi connectivity index (χ3n) is 5.41. The van der Waals surface area contributed by atoms with Crippen molar-refractivity contribution in [3.8, 4) is 22.8 Å². The van der Waals surface area contributed by atoms with Gasteiger partial charge in [0.1, 0.15) is 47.5 Å². The van der Waals surface area contributed by atoms with E-state index in [0.717, 1.165) is 11.4 Å². The second-order valence-electron chi connectivity index (χ2n) is 8.77. The topological polar surface area (TPSA) is 131 Å². The summed E-state index contributed by atoms with van der Waals surface area (Å²) >= 11 is 0. The number of carbonyl (C=O) groups is 1. The Morgan fingerprint density at radius 3 is 2.69 bits per heavy atom. The van der Waals surface area contributed by atoms with Gasteiger partial charge in [-0.1, -0.05) is 17.3 Å². The number of carboxylic acids is 1. The number of imidazole rings is 1. The Labute approximate surface area is 214 Å². The van der Waals surface area contributed by atoms with Crippen LogP contribution in [0.4, 0.5) is 0 Å². The summed E-state index contributed by atoms with van der Waals surface area (Å²) in [5, 5.41) is 26.7. The summed E-state index contributed by atoms with van der Waals surface area (Å²) in [6, 6.07) is 12.7. The van der Waals surface area contributed by atoms with Crippen molar-refractivity contribution in [2.45, 2.75) is 31.9 Å². The highest BCUT2D eigenvalue weighted by Crippen LogP contribution is 2.28. The van der Waals surface area contributed by atoms with Crippen molar-refractivity contribution < 1.29 is 29.0 Å². The standard InChI is InChI=1S/C25H28N4O6.ClH/c1-25(2,12-23-26-14-20-22(34-16-24(31)32)8-5-10-29(20)23)27-13-17(30)15-33-21-7-4-3-6-18(21)19-9-11-35-28-19;/h3-11,14,17,27,30H,12-13,15-16H2,1-2H3,(H,31,32);1H/t17-;/m0./s1. The fourth-order valence-electron chi connectivity index (χ4n) is 3.69. The Kier molecular flexibility index (Phi) is 8.92. The van der Waals surface area contributed by atoms with Crippen LogP contribution < -0.4 is 14.8 Å². The summed E-state index contributed by atoms with van der Waals surface area (Å²) in [7, 11) is 0. The Hall–Kier alpha value is -3.60. The van der Waals surface area contributed by atoms with Gasteiger partial charge < -0.3 is 33.9 Å². The molecule has 3 aromatic heterocycles. The molecule has 0 aliphatic rings. The molecule has 1 atom stereocenters. The van der Waals surface area contributed by atoms with Gasteiger partial charge in [0, 0.05) is 36.3 Å². The van der Waals surface area contributed by atoms with Gasteiger partial charge in [0.25, 0.3) is 0 Å². The molecule has 0 saturated heterocycles. The molecule has 4 rings (SSSR count). The second-order valence-corrected chi connectivity index (χ2v) is 8.77. The number of ether oxygens (including phenoxy) is 2. The lowest BCUT2D eigenvalue weighted by Gasteiger charge is -2.27. The number of hydrogen-bond acceptors (Lipinski definition) is 8. The molecule has 0 unspecified atom stereocenters. The molecule has 0 amide bonds. The number of pyridine rings is 1. The van der Waals surface area contributed by atoms with Crippen molar-refractivity contribution in [2.75, 3.05) is 19.8 Å². The van der Waals surface area contributed by atoms with Crippen molar-refractivity contribution in [3.63, 3.8) is 0 Å². The van der Waals surface area contributed by atoms with Crippen LogP contribution in [0, 0.1) is 0 Å². The highest BCUT2D eigenvalue weighted by molar-refractivity contribution is 5.85. The molecule has 36 heavy (non-hydrogen) atoms. The Bertz CT molecular complexity index is 1270. The predicted octanol–water partition coefficient (Wildman–Crippen LogP) is 3.23. The molecule has 0 aliphatic carbocycles. The van der Waals surface area contributed by atoms with Crippen LogP contribution in [-0.2, 0) is 11.2 Å². The van der Waals surface area contributed by atoms with Crippen LogP contribution >= 0.6 is 12.4 Å². The highest BCUT2D eigenvalue weighted by Gasteiger charge is 2.23. The number of halogens is 1. The van der Waals surface area contributed by atoms with Crippen molar-refractivity contribution in [1.29, 1.82) is 0 Å². The number of aromatic nitrogens is 3. The normalized spacial score (nSPS) is 12.2. The average Bonchev–Trinajstić information content (AvgIpc) is 3.51. The summed E-state index contributed by atoms with van der Waals surface area (Å²) in [6.45, 7) is 4.04. The third-order valence-corrected chi connectivity index (χ3v) is 5.41. The highest BCUT2D eigenvalue weighted by atomic mass is 35.5. The zero-order valence-electron chi connectivity index (χ0n) is 20.0. The number of nitrogens with zero attached hydrogens (tertiary/aromatic N) is 3. The molecule has 0 fully saturated rings. The summed E-state index contributed by atoms with van der Waals surface area (Å²) in [5.74, 6) is 0.814. The number of aliphatic carboxylic acids is 1. The number of rotatable bonds is 12. The van der Waals surface area contributed by atoms with Gasteiger partial charge in [-0.25, -0.2) is 9.78 Å². The number of carboxylic acid groups (broad SMARTS) is 1. The summed E-state index contributed by atoms with van der Waals surface area (Å²) in [6.07, 6.45) is 4.84. The molecule has 0 saturated carbocycles. The number of nitrogens with one attached hydrogen (secondary N) is 1. The number of β-amino-alcohol motifs (C(OH)–C–C–N with tert-alkyl or cyclic N) is 1. The lowest BCUT2D eigenvalue weighted by molar-refractivity contribution is -0.139. The van der Waals surface area contributed by atoms with Gasteiger partial charge in [-0.3, -0.25) is 0 Å². The van der Waals surface area contributed by atoms with Crippen molar-refractivity contribution >= 4 is 23.9 Å².